The van der Waals surface area contributed by atoms with E-state index >= 15 is 0 Å². The summed E-state index contributed by atoms with van der Waals surface area (Å²) in [5, 5.41) is 3.85. The summed E-state index contributed by atoms with van der Waals surface area (Å²) in [4.78, 5) is 0. The van der Waals surface area contributed by atoms with E-state index in [0.717, 1.165) is 12.8 Å². The number of hydrogen-bond acceptors (Lipinski definition) is 1. The third-order valence-electron chi connectivity index (χ3n) is 4.55. The van der Waals surface area contributed by atoms with Gasteiger partial charge in [-0.3, -0.25) is 0 Å². The van der Waals surface area contributed by atoms with Gasteiger partial charge in [0.1, 0.15) is 0 Å². The van der Waals surface area contributed by atoms with Crippen LogP contribution in [0, 0.1) is 0 Å². The number of aryl methyl sites for hydroxylation is 2. The summed E-state index contributed by atoms with van der Waals surface area (Å²) < 4.78 is 0. The van der Waals surface area contributed by atoms with Crippen LogP contribution in [-0.2, 0) is 12.8 Å². The van der Waals surface area contributed by atoms with Crippen molar-refractivity contribution in [1.29, 1.82) is 0 Å². The molecule has 0 saturated carbocycles. The van der Waals surface area contributed by atoms with E-state index in [1.54, 1.807) is 0 Å². The van der Waals surface area contributed by atoms with E-state index in [4.69, 9.17) is 0 Å². The van der Waals surface area contributed by atoms with E-state index in [2.05, 4.69) is 98.0 Å². The first-order chi connectivity index (χ1) is 11.8. The summed E-state index contributed by atoms with van der Waals surface area (Å²) in [6.45, 7) is 4.44. The molecule has 0 amide bonds. The highest BCUT2D eigenvalue weighted by Crippen LogP contribution is 2.31. The lowest BCUT2D eigenvalue weighted by atomic mass is 9.96. The Hall–Kier alpha value is -2.54. The van der Waals surface area contributed by atoms with Gasteiger partial charge >= 0.3 is 0 Å². The number of benzene rings is 3. The fourth-order valence-electron chi connectivity index (χ4n) is 3.22. The minimum absolute atomic E-state index is 0.158. The topological polar surface area (TPSA) is 12.0 Å². The van der Waals surface area contributed by atoms with Crippen LogP contribution in [0.5, 0.6) is 0 Å². The molecule has 0 aliphatic rings. The van der Waals surface area contributed by atoms with Crippen molar-refractivity contribution in [3.63, 3.8) is 0 Å². The molecular formula is C23H25N. The van der Waals surface area contributed by atoms with Gasteiger partial charge in [-0.15, -0.1) is 0 Å². The monoisotopic (exact) mass is 315 g/mol. The Labute approximate surface area is 145 Å². The van der Waals surface area contributed by atoms with Gasteiger partial charge in [0.25, 0.3) is 0 Å². The van der Waals surface area contributed by atoms with E-state index in [0.29, 0.717) is 0 Å². The van der Waals surface area contributed by atoms with Crippen LogP contribution in [-0.4, -0.2) is 0 Å². The normalized spacial score (nSPS) is 10.8. The maximum atomic E-state index is 3.85. The van der Waals surface area contributed by atoms with Crippen LogP contribution in [0.3, 0.4) is 0 Å². The molecule has 3 rings (SSSR count). The van der Waals surface area contributed by atoms with Gasteiger partial charge in [0.2, 0.25) is 0 Å². The molecule has 1 heteroatoms. The van der Waals surface area contributed by atoms with Crippen LogP contribution >= 0.6 is 0 Å². The maximum Gasteiger partial charge on any atom is 0.0767 e. The van der Waals surface area contributed by atoms with Crippen molar-refractivity contribution in [2.75, 3.05) is 5.32 Å². The molecule has 0 bridgehead atoms. The minimum atomic E-state index is 0.158. The lowest BCUT2D eigenvalue weighted by Crippen LogP contribution is -2.15. The fraction of sp³-hybridized carbons (Fsp3) is 0.217. The van der Waals surface area contributed by atoms with Crippen molar-refractivity contribution in [1.82, 2.24) is 0 Å². The van der Waals surface area contributed by atoms with E-state index in [1.165, 1.54) is 27.9 Å². The highest BCUT2D eigenvalue weighted by molar-refractivity contribution is 5.60. The lowest BCUT2D eigenvalue weighted by molar-refractivity contribution is 0.922. The molecule has 122 valence electrons. The highest BCUT2D eigenvalue weighted by Gasteiger charge is 2.16. The Bertz CT molecular complexity index is 701. The fourth-order valence-corrected chi connectivity index (χ4v) is 3.22. The van der Waals surface area contributed by atoms with Gasteiger partial charge < -0.3 is 5.32 Å². The molecular weight excluding hydrogens is 290 g/mol. The molecule has 0 fully saturated rings. The highest BCUT2D eigenvalue weighted by atomic mass is 14.9. The largest absolute Gasteiger partial charge is 0.374 e. The zero-order chi connectivity index (χ0) is 16.8. The van der Waals surface area contributed by atoms with Gasteiger partial charge in [-0.25, -0.2) is 0 Å². The van der Waals surface area contributed by atoms with Crippen LogP contribution in [0.2, 0.25) is 0 Å². The molecule has 3 aromatic carbocycles. The van der Waals surface area contributed by atoms with E-state index in [1.807, 2.05) is 0 Å². The maximum absolute atomic E-state index is 3.85. The Morgan fingerprint density at radius 1 is 0.625 bits per heavy atom. The predicted molar refractivity (Wildman–Crippen MR) is 104 cm³/mol. The van der Waals surface area contributed by atoms with Crippen LogP contribution < -0.4 is 5.32 Å². The summed E-state index contributed by atoms with van der Waals surface area (Å²) in [5.74, 6) is 0. The lowest BCUT2D eigenvalue weighted by Gasteiger charge is -2.24. The molecule has 0 spiro atoms. The quantitative estimate of drug-likeness (QED) is 0.587. The van der Waals surface area contributed by atoms with Crippen molar-refractivity contribution >= 4 is 5.69 Å². The summed E-state index contributed by atoms with van der Waals surface area (Å²) in [7, 11) is 0. The third-order valence-corrected chi connectivity index (χ3v) is 4.55. The first-order valence-corrected chi connectivity index (χ1v) is 8.80. The number of rotatable bonds is 6. The van der Waals surface area contributed by atoms with Crippen molar-refractivity contribution in [2.45, 2.75) is 32.7 Å². The Morgan fingerprint density at radius 2 is 1.08 bits per heavy atom. The van der Waals surface area contributed by atoms with E-state index in [9.17, 15) is 0 Å². The Kier molecular flexibility index (Phi) is 5.32. The summed E-state index contributed by atoms with van der Waals surface area (Å²) in [6, 6.07) is 28.2. The van der Waals surface area contributed by atoms with E-state index < -0.39 is 0 Å². The first-order valence-electron chi connectivity index (χ1n) is 8.80. The zero-order valence-corrected chi connectivity index (χ0v) is 14.5. The number of hydrogen-bond donors (Lipinski definition) is 1. The molecule has 0 radical (unpaired) electrons. The second kappa shape index (κ2) is 7.83. The van der Waals surface area contributed by atoms with Crippen LogP contribution in [0.15, 0.2) is 78.9 Å². The second-order valence-electron chi connectivity index (χ2n) is 6.06. The molecule has 1 N–H and O–H groups in total. The molecule has 0 aromatic heterocycles. The van der Waals surface area contributed by atoms with Crippen LogP contribution in [0.1, 0.15) is 42.1 Å². The Balaban J connectivity index is 2.06. The molecule has 0 heterocycles. The van der Waals surface area contributed by atoms with Crippen LogP contribution in [0.4, 0.5) is 5.69 Å². The average Bonchev–Trinajstić information content (AvgIpc) is 2.67. The Morgan fingerprint density at radius 3 is 1.50 bits per heavy atom. The van der Waals surface area contributed by atoms with Crippen molar-refractivity contribution in [3.05, 3.63) is 101 Å². The summed E-state index contributed by atoms with van der Waals surface area (Å²) >= 11 is 0. The number of para-hydroxylation sites is 1. The van der Waals surface area contributed by atoms with Gasteiger partial charge in [-0.1, -0.05) is 92.7 Å². The molecule has 0 aliphatic heterocycles. The molecule has 24 heavy (non-hydrogen) atoms. The summed E-state index contributed by atoms with van der Waals surface area (Å²) in [6.07, 6.45) is 2.07. The standard InChI is InChI=1S/C23H25N/c1-3-18-16-11-17-19(4-2)22(18)24-23(20-12-7-5-8-13-20)21-14-9-6-10-15-21/h5-17,23-24H,3-4H2,1-2H3. The first kappa shape index (κ1) is 16.3. The molecule has 0 unspecified atom stereocenters. The SMILES string of the molecule is CCc1cccc(CC)c1NC(c1ccccc1)c1ccccc1. The van der Waals surface area contributed by atoms with Gasteiger partial charge in [0, 0.05) is 5.69 Å². The van der Waals surface area contributed by atoms with Crippen molar-refractivity contribution < 1.29 is 0 Å². The number of anilines is 1. The smallest absolute Gasteiger partial charge is 0.0767 e. The predicted octanol–water partition coefficient (Wildman–Crippen LogP) is 6.01. The molecule has 1 nitrogen and oxygen atoms in total. The zero-order valence-electron chi connectivity index (χ0n) is 14.5. The van der Waals surface area contributed by atoms with Crippen molar-refractivity contribution in [3.8, 4) is 0 Å². The van der Waals surface area contributed by atoms with Gasteiger partial charge in [0.15, 0.2) is 0 Å². The molecule has 3 aromatic rings. The van der Waals surface area contributed by atoms with Crippen molar-refractivity contribution in [2.24, 2.45) is 0 Å². The average molecular weight is 315 g/mol. The molecule has 0 aliphatic carbocycles. The van der Waals surface area contributed by atoms with Gasteiger partial charge in [0.05, 0.1) is 6.04 Å². The van der Waals surface area contributed by atoms with Crippen LogP contribution in [0.25, 0.3) is 0 Å². The minimum Gasteiger partial charge on any atom is -0.374 e. The van der Waals surface area contributed by atoms with Gasteiger partial charge in [-0.2, -0.15) is 0 Å². The molecule has 0 atom stereocenters. The van der Waals surface area contributed by atoms with E-state index in [-0.39, 0.29) is 6.04 Å². The number of nitrogens with one attached hydrogen (secondary N) is 1. The third kappa shape index (κ3) is 3.51. The summed E-state index contributed by atoms with van der Waals surface area (Å²) in [5.41, 5.74) is 6.63. The van der Waals surface area contributed by atoms with Gasteiger partial charge in [-0.05, 0) is 35.1 Å². The second-order valence-corrected chi connectivity index (χ2v) is 6.06. The molecule has 0 saturated heterocycles.